The molecule has 2 aromatic heterocycles. The number of aromatic nitrogens is 4. The second kappa shape index (κ2) is 4.08. The molecule has 5 heteroatoms. The van der Waals surface area contributed by atoms with Gasteiger partial charge in [-0.15, -0.1) is 0 Å². The molecule has 2 heterocycles. The van der Waals surface area contributed by atoms with Gasteiger partial charge in [0.2, 0.25) is 0 Å². The summed E-state index contributed by atoms with van der Waals surface area (Å²) in [5, 5.41) is 3.23. The number of H-pyrrole nitrogens is 1. The Bertz CT molecular complexity index is 485. The Morgan fingerprint density at radius 2 is 2.33 bits per heavy atom. The van der Waals surface area contributed by atoms with Crippen molar-refractivity contribution in [3.05, 3.63) is 24.3 Å². The molecule has 0 fully saturated rings. The maximum absolute atomic E-state index is 4.16. The van der Waals surface area contributed by atoms with Crippen molar-refractivity contribution in [3.63, 3.8) is 0 Å². The maximum Gasteiger partial charge on any atom is 0.182 e. The topological polar surface area (TPSA) is 66.5 Å². The summed E-state index contributed by atoms with van der Waals surface area (Å²) in [6, 6.07) is 0. The van der Waals surface area contributed by atoms with Crippen LogP contribution < -0.4 is 5.32 Å². The summed E-state index contributed by atoms with van der Waals surface area (Å²) in [7, 11) is 0. The molecule has 2 N–H and O–H groups in total. The number of nitrogens with one attached hydrogen (secondary N) is 2. The zero-order valence-corrected chi connectivity index (χ0v) is 8.78. The lowest BCUT2D eigenvalue weighted by Crippen LogP contribution is -2.05. The minimum absolute atomic E-state index is 0.686. The Balaban J connectivity index is 2.24. The van der Waals surface area contributed by atoms with Crippen molar-refractivity contribution in [1.82, 2.24) is 19.9 Å². The van der Waals surface area contributed by atoms with Crippen molar-refractivity contribution in [2.24, 2.45) is 0 Å². The average Bonchev–Trinajstić information content (AvgIpc) is 2.74. The number of hydrogen-bond donors (Lipinski definition) is 2. The van der Waals surface area contributed by atoms with E-state index in [1.807, 2.05) is 6.92 Å². The van der Waals surface area contributed by atoms with Crippen LogP contribution in [0.5, 0.6) is 0 Å². The molecule has 0 saturated carbocycles. The molecule has 0 saturated heterocycles. The van der Waals surface area contributed by atoms with Crippen LogP contribution >= 0.6 is 0 Å². The van der Waals surface area contributed by atoms with Gasteiger partial charge in [0, 0.05) is 6.54 Å². The first-order chi connectivity index (χ1) is 7.31. The molecule has 0 unspecified atom stereocenters. The van der Waals surface area contributed by atoms with Gasteiger partial charge in [0.15, 0.2) is 11.5 Å². The highest BCUT2D eigenvalue weighted by Gasteiger charge is 2.04. The molecule has 5 nitrogen and oxygen atoms in total. The van der Waals surface area contributed by atoms with Crippen LogP contribution in [0, 0.1) is 0 Å². The number of aromatic amines is 1. The van der Waals surface area contributed by atoms with E-state index >= 15 is 0 Å². The van der Waals surface area contributed by atoms with E-state index in [0.29, 0.717) is 5.65 Å². The Morgan fingerprint density at radius 1 is 1.47 bits per heavy atom. The summed E-state index contributed by atoms with van der Waals surface area (Å²) in [5.41, 5.74) is 2.80. The summed E-state index contributed by atoms with van der Waals surface area (Å²) in [6.07, 6.45) is 5.20. The summed E-state index contributed by atoms with van der Waals surface area (Å²) < 4.78 is 0. The van der Waals surface area contributed by atoms with E-state index in [9.17, 15) is 0 Å². The lowest BCUT2D eigenvalue weighted by atomic mass is 10.3. The van der Waals surface area contributed by atoms with Crippen LogP contribution in [0.2, 0.25) is 0 Å². The minimum Gasteiger partial charge on any atom is -0.364 e. The molecule has 78 valence electrons. The van der Waals surface area contributed by atoms with Gasteiger partial charge in [0.25, 0.3) is 0 Å². The van der Waals surface area contributed by atoms with E-state index in [4.69, 9.17) is 0 Å². The molecule has 2 aromatic rings. The monoisotopic (exact) mass is 203 g/mol. The van der Waals surface area contributed by atoms with E-state index in [2.05, 4.69) is 38.3 Å². The first-order valence-electron chi connectivity index (χ1n) is 4.81. The van der Waals surface area contributed by atoms with E-state index in [1.54, 1.807) is 6.33 Å². The van der Waals surface area contributed by atoms with Crippen molar-refractivity contribution in [2.45, 2.75) is 13.8 Å². The smallest absolute Gasteiger partial charge is 0.182 e. The average molecular weight is 203 g/mol. The van der Waals surface area contributed by atoms with Crippen molar-refractivity contribution in [1.29, 1.82) is 0 Å². The lowest BCUT2D eigenvalue weighted by Gasteiger charge is -2.05. The van der Waals surface area contributed by atoms with Crippen LogP contribution in [-0.2, 0) is 0 Å². The van der Waals surface area contributed by atoms with Gasteiger partial charge in [-0.1, -0.05) is 11.6 Å². The fraction of sp³-hybridized carbons (Fsp3) is 0.300. The zero-order chi connectivity index (χ0) is 10.7. The summed E-state index contributed by atoms with van der Waals surface area (Å²) >= 11 is 0. The van der Waals surface area contributed by atoms with Gasteiger partial charge < -0.3 is 10.3 Å². The number of allylic oxidation sites excluding steroid dienone is 1. The van der Waals surface area contributed by atoms with Crippen molar-refractivity contribution in [3.8, 4) is 0 Å². The third-order valence-electron chi connectivity index (χ3n) is 2.25. The third kappa shape index (κ3) is 1.96. The molecule has 0 aliphatic rings. The third-order valence-corrected chi connectivity index (χ3v) is 2.25. The molecule has 0 amide bonds. The highest BCUT2D eigenvalue weighted by Crippen LogP contribution is 2.14. The molecule has 0 spiro atoms. The van der Waals surface area contributed by atoms with Gasteiger partial charge >= 0.3 is 0 Å². The molecule has 0 bridgehead atoms. The summed E-state index contributed by atoms with van der Waals surface area (Å²) in [5.74, 6) is 0.790. The van der Waals surface area contributed by atoms with Gasteiger partial charge in [-0.3, -0.25) is 0 Å². The lowest BCUT2D eigenvalue weighted by molar-refractivity contribution is 1.13. The predicted molar refractivity (Wildman–Crippen MR) is 59.6 cm³/mol. The zero-order valence-electron chi connectivity index (χ0n) is 8.78. The van der Waals surface area contributed by atoms with Crippen LogP contribution in [0.25, 0.3) is 11.2 Å². The van der Waals surface area contributed by atoms with Crippen molar-refractivity contribution in [2.75, 3.05) is 11.9 Å². The highest BCUT2D eigenvalue weighted by atomic mass is 15.1. The van der Waals surface area contributed by atoms with Crippen LogP contribution in [-0.4, -0.2) is 26.5 Å². The van der Waals surface area contributed by atoms with Crippen LogP contribution in [0.15, 0.2) is 24.3 Å². The van der Waals surface area contributed by atoms with Crippen molar-refractivity contribution < 1.29 is 0 Å². The van der Waals surface area contributed by atoms with Crippen LogP contribution in [0.4, 0.5) is 5.82 Å². The van der Waals surface area contributed by atoms with E-state index in [-0.39, 0.29) is 0 Å². The quantitative estimate of drug-likeness (QED) is 0.745. The number of fused-ring (bicyclic) bond motifs is 1. The normalized spacial score (nSPS) is 12.0. The highest BCUT2D eigenvalue weighted by molar-refractivity contribution is 5.81. The largest absolute Gasteiger partial charge is 0.364 e. The number of hydrogen-bond acceptors (Lipinski definition) is 4. The molecule has 2 rings (SSSR count). The summed E-state index contributed by atoms with van der Waals surface area (Å²) in [4.78, 5) is 15.3. The fourth-order valence-electron chi connectivity index (χ4n) is 1.22. The van der Waals surface area contributed by atoms with Gasteiger partial charge in [-0.2, -0.15) is 0 Å². The van der Waals surface area contributed by atoms with Crippen LogP contribution in [0.3, 0.4) is 0 Å². The van der Waals surface area contributed by atoms with E-state index < -0.39 is 0 Å². The minimum atomic E-state index is 0.686. The standard InChI is InChI=1S/C10H13N5/c1-3-7(2)4-11-9-8-10(13-5-12-8)15-6-14-9/h3,5-6H,4H2,1-2H3,(H2,11,12,13,14,15)/b7-3-. The summed E-state index contributed by atoms with van der Waals surface area (Å²) in [6.45, 7) is 4.86. The number of anilines is 1. The number of nitrogens with zero attached hydrogens (tertiary/aromatic N) is 3. The van der Waals surface area contributed by atoms with Crippen LogP contribution in [0.1, 0.15) is 13.8 Å². The molecular formula is C10H13N5. The maximum atomic E-state index is 4.16. The first kappa shape index (κ1) is 9.64. The molecule has 0 atom stereocenters. The SMILES string of the molecule is C/C=C(/C)CNc1ncnc2nc[nH]c12. The Hall–Kier alpha value is -1.91. The second-order valence-electron chi connectivity index (χ2n) is 3.31. The van der Waals surface area contributed by atoms with Gasteiger partial charge in [0.05, 0.1) is 6.33 Å². The molecule has 0 aromatic carbocycles. The predicted octanol–water partition coefficient (Wildman–Crippen LogP) is 1.73. The Morgan fingerprint density at radius 3 is 3.13 bits per heavy atom. The Kier molecular flexibility index (Phi) is 2.62. The van der Waals surface area contributed by atoms with E-state index in [1.165, 1.54) is 11.9 Å². The molecule has 15 heavy (non-hydrogen) atoms. The molecule has 0 aliphatic heterocycles. The number of imidazole rings is 1. The fourth-order valence-corrected chi connectivity index (χ4v) is 1.22. The first-order valence-corrected chi connectivity index (χ1v) is 4.81. The number of rotatable bonds is 3. The molecular weight excluding hydrogens is 190 g/mol. The van der Waals surface area contributed by atoms with Gasteiger partial charge in [-0.05, 0) is 13.8 Å². The molecule has 0 aliphatic carbocycles. The van der Waals surface area contributed by atoms with E-state index in [0.717, 1.165) is 17.9 Å². The molecule has 0 radical (unpaired) electrons. The van der Waals surface area contributed by atoms with Crippen molar-refractivity contribution >= 4 is 17.0 Å². The van der Waals surface area contributed by atoms with Gasteiger partial charge in [0.1, 0.15) is 11.8 Å². The second-order valence-corrected chi connectivity index (χ2v) is 3.31. The Labute approximate surface area is 87.7 Å². The van der Waals surface area contributed by atoms with Gasteiger partial charge in [-0.25, -0.2) is 15.0 Å².